The minimum Gasteiger partial charge on any atom is -0.452 e. The first-order chi connectivity index (χ1) is 11.7. The van der Waals surface area contributed by atoms with Crippen molar-refractivity contribution >= 4 is 33.3 Å². The van der Waals surface area contributed by atoms with Crippen molar-refractivity contribution in [2.75, 3.05) is 30.5 Å². The minimum atomic E-state index is -3.09. The Labute approximate surface area is 146 Å². The quantitative estimate of drug-likeness (QED) is 0.756. The van der Waals surface area contributed by atoms with Gasteiger partial charge in [-0.2, -0.15) is 0 Å². The maximum absolute atomic E-state index is 12.1. The number of anilines is 1. The first-order valence-corrected chi connectivity index (χ1v) is 9.51. The summed E-state index contributed by atoms with van der Waals surface area (Å²) in [6, 6.07) is 5.68. The summed E-state index contributed by atoms with van der Waals surface area (Å²) in [4.78, 5) is 36.3. The van der Waals surface area contributed by atoms with Gasteiger partial charge < -0.3 is 15.0 Å². The number of amides is 2. The van der Waals surface area contributed by atoms with E-state index in [1.807, 2.05) is 0 Å². The zero-order valence-corrected chi connectivity index (χ0v) is 14.8. The Morgan fingerprint density at radius 3 is 2.40 bits per heavy atom. The lowest BCUT2D eigenvalue weighted by molar-refractivity contribution is -0.134. The molecule has 1 aromatic carbocycles. The largest absolute Gasteiger partial charge is 0.452 e. The molecule has 1 unspecified atom stereocenters. The van der Waals surface area contributed by atoms with Gasteiger partial charge in [0.05, 0.1) is 17.1 Å². The van der Waals surface area contributed by atoms with Crippen LogP contribution in [0.25, 0.3) is 0 Å². The van der Waals surface area contributed by atoms with Gasteiger partial charge in [-0.25, -0.2) is 13.2 Å². The van der Waals surface area contributed by atoms with Crippen LogP contribution in [0.15, 0.2) is 24.3 Å². The maximum Gasteiger partial charge on any atom is 0.338 e. The Hall–Kier alpha value is -2.42. The van der Waals surface area contributed by atoms with Crippen molar-refractivity contribution in [3.05, 3.63) is 29.8 Å². The third-order valence-corrected chi connectivity index (χ3v) is 5.67. The summed E-state index contributed by atoms with van der Waals surface area (Å²) in [6.07, 6.45) is 0.392. The molecule has 8 nitrogen and oxygen atoms in total. The molecular weight excluding hydrogens is 348 g/mol. The van der Waals surface area contributed by atoms with E-state index in [0.29, 0.717) is 12.1 Å². The molecule has 1 atom stereocenters. The van der Waals surface area contributed by atoms with Crippen molar-refractivity contribution in [2.45, 2.75) is 19.4 Å². The average molecular weight is 368 g/mol. The van der Waals surface area contributed by atoms with Crippen molar-refractivity contribution in [3.8, 4) is 0 Å². The first-order valence-electron chi connectivity index (χ1n) is 7.69. The van der Waals surface area contributed by atoms with E-state index in [0.717, 1.165) is 0 Å². The van der Waals surface area contributed by atoms with Crippen molar-refractivity contribution in [1.82, 2.24) is 4.90 Å². The monoisotopic (exact) mass is 368 g/mol. The molecule has 0 bridgehead atoms. The summed E-state index contributed by atoms with van der Waals surface area (Å²) in [5.74, 6) is -1.35. The Kier molecular flexibility index (Phi) is 5.78. The molecule has 1 aliphatic rings. The van der Waals surface area contributed by atoms with Crippen LogP contribution in [0.4, 0.5) is 5.69 Å². The van der Waals surface area contributed by atoms with E-state index in [2.05, 4.69) is 5.32 Å². The zero-order valence-electron chi connectivity index (χ0n) is 14.0. The van der Waals surface area contributed by atoms with Crippen molar-refractivity contribution in [2.24, 2.45) is 0 Å². The van der Waals surface area contributed by atoms with Crippen molar-refractivity contribution < 1.29 is 27.5 Å². The standard InChI is InChI=1S/C16H20N2O6S/c1-11(19)17-13-5-3-12(4-6-13)16(21)24-9-15(20)18(2)14-7-8-25(22,23)10-14/h3-6,14H,7-10H2,1-2H3,(H,17,19). The molecule has 1 fully saturated rings. The first kappa shape index (κ1) is 18.9. The molecule has 1 heterocycles. The van der Waals surface area contributed by atoms with E-state index >= 15 is 0 Å². The van der Waals surface area contributed by atoms with Crippen LogP contribution in [-0.2, 0) is 24.2 Å². The fraction of sp³-hybridized carbons (Fsp3) is 0.438. The molecule has 0 radical (unpaired) electrons. The molecule has 0 spiro atoms. The van der Waals surface area contributed by atoms with E-state index < -0.39 is 28.3 Å². The molecule has 25 heavy (non-hydrogen) atoms. The van der Waals surface area contributed by atoms with Gasteiger partial charge in [-0.1, -0.05) is 0 Å². The highest BCUT2D eigenvalue weighted by Gasteiger charge is 2.32. The molecule has 136 valence electrons. The Balaban J connectivity index is 1.86. The number of sulfone groups is 1. The van der Waals surface area contributed by atoms with Crippen LogP contribution in [0.2, 0.25) is 0 Å². The second-order valence-corrected chi connectivity index (χ2v) is 8.12. The summed E-state index contributed by atoms with van der Waals surface area (Å²) in [7, 11) is -1.59. The van der Waals surface area contributed by atoms with E-state index in [1.165, 1.54) is 31.0 Å². The molecule has 1 aromatic rings. The van der Waals surface area contributed by atoms with Crippen LogP contribution in [0.1, 0.15) is 23.7 Å². The minimum absolute atomic E-state index is 0.0617. The van der Waals surface area contributed by atoms with E-state index in [9.17, 15) is 22.8 Å². The van der Waals surface area contributed by atoms with Crippen LogP contribution in [-0.4, -0.2) is 62.3 Å². The second kappa shape index (κ2) is 7.64. The van der Waals surface area contributed by atoms with Gasteiger partial charge in [-0.15, -0.1) is 0 Å². The molecule has 2 rings (SSSR count). The molecule has 1 N–H and O–H groups in total. The summed E-state index contributed by atoms with van der Waals surface area (Å²) in [6.45, 7) is 0.916. The van der Waals surface area contributed by atoms with Crippen LogP contribution < -0.4 is 5.32 Å². The SMILES string of the molecule is CC(=O)Nc1ccc(C(=O)OCC(=O)N(C)C2CCS(=O)(=O)C2)cc1. The van der Waals surface area contributed by atoms with E-state index in [1.54, 1.807) is 12.1 Å². The van der Waals surface area contributed by atoms with Gasteiger partial charge in [-0.3, -0.25) is 9.59 Å². The van der Waals surface area contributed by atoms with Gasteiger partial charge in [-0.05, 0) is 30.7 Å². The number of nitrogens with zero attached hydrogens (tertiary/aromatic N) is 1. The van der Waals surface area contributed by atoms with Gasteiger partial charge in [0, 0.05) is 25.7 Å². The summed E-state index contributed by atoms with van der Waals surface area (Å²) < 4.78 is 27.9. The van der Waals surface area contributed by atoms with Gasteiger partial charge in [0.15, 0.2) is 16.4 Å². The number of nitrogens with one attached hydrogen (secondary N) is 1. The number of hydrogen-bond acceptors (Lipinski definition) is 6. The molecule has 0 aromatic heterocycles. The lowest BCUT2D eigenvalue weighted by Crippen LogP contribution is -2.40. The van der Waals surface area contributed by atoms with Crippen LogP contribution >= 0.6 is 0 Å². The van der Waals surface area contributed by atoms with Gasteiger partial charge in [0.25, 0.3) is 5.91 Å². The number of benzene rings is 1. The number of likely N-dealkylation sites (N-methyl/N-ethyl adjacent to an activating group) is 1. The highest BCUT2D eigenvalue weighted by atomic mass is 32.2. The lowest BCUT2D eigenvalue weighted by Gasteiger charge is -2.23. The molecule has 9 heteroatoms. The number of carbonyl (C=O) groups is 3. The third-order valence-electron chi connectivity index (χ3n) is 3.92. The Bertz CT molecular complexity index is 772. The van der Waals surface area contributed by atoms with Crippen molar-refractivity contribution in [3.63, 3.8) is 0 Å². The molecule has 2 amide bonds. The number of ether oxygens (including phenoxy) is 1. The van der Waals surface area contributed by atoms with Crippen LogP contribution in [0, 0.1) is 0 Å². The molecule has 1 saturated heterocycles. The second-order valence-electron chi connectivity index (χ2n) is 5.90. The zero-order chi connectivity index (χ0) is 18.6. The average Bonchev–Trinajstić information content (AvgIpc) is 2.91. The van der Waals surface area contributed by atoms with Crippen LogP contribution in [0.3, 0.4) is 0 Å². The van der Waals surface area contributed by atoms with Gasteiger partial charge in [0.2, 0.25) is 5.91 Å². The number of rotatable bonds is 5. The summed E-state index contributed by atoms with van der Waals surface area (Å²) >= 11 is 0. The summed E-state index contributed by atoms with van der Waals surface area (Å²) in [5, 5.41) is 2.57. The normalized spacial score (nSPS) is 18.4. The Morgan fingerprint density at radius 1 is 1.24 bits per heavy atom. The molecular formula is C16H20N2O6S. The molecule has 0 saturated carbocycles. The molecule has 0 aliphatic carbocycles. The van der Waals surface area contributed by atoms with E-state index in [-0.39, 0.29) is 29.0 Å². The number of hydrogen-bond donors (Lipinski definition) is 1. The van der Waals surface area contributed by atoms with Crippen LogP contribution in [0.5, 0.6) is 0 Å². The molecule has 1 aliphatic heterocycles. The predicted octanol–water partition coefficient (Wildman–Crippen LogP) is 0.447. The van der Waals surface area contributed by atoms with Gasteiger partial charge >= 0.3 is 5.97 Å². The highest BCUT2D eigenvalue weighted by Crippen LogP contribution is 2.17. The fourth-order valence-corrected chi connectivity index (χ4v) is 4.26. The van der Waals surface area contributed by atoms with Gasteiger partial charge in [0.1, 0.15) is 0 Å². The fourth-order valence-electron chi connectivity index (χ4n) is 2.49. The summed E-state index contributed by atoms with van der Waals surface area (Å²) in [5.41, 5.74) is 0.787. The van der Waals surface area contributed by atoms with Crippen molar-refractivity contribution in [1.29, 1.82) is 0 Å². The van der Waals surface area contributed by atoms with E-state index in [4.69, 9.17) is 4.74 Å². The number of carbonyl (C=O) groups excluding carboxylic acids is 3. The smallest absolute Gasteiger partial charge is 0.338 e. The lowest BCUT2D eigenvalue weighted by atomic mass is 10.2. The number of esters is 1. The maximum atomic E-state index is 12.1. The topological polar surface area (TPSA) is 110 Å². The Morgan fingerprint density at radius 2 is 1.88 bits per heavy atom. The predicted molar refractivity (Wildman–Crippen MR) is 90.9 cm³/mol. The highest BCUT2D eigenvalue weighted by molar-refractivity contribution is 7.91. The third kappa shape index (κ3) is 5.28.